The molecule has 0 unspecified atom stereocenters. The van der Waals surface area contributed by atoms with Crippen molar-refractivity contribution in [2.24, 2.45) is 0 Å². The lowest BCUT2D eigenvalue weighted by Crippen LogP contribution is -2.66. The van der Waals surface area contributed by atoms with Crippen LogP contribution >= 0.6 is 0 Å². The van der Waals surface area contributed by atoms with Crippen molar-refractivity contribution < 1.29 is 19.1 Å². The van der Waals surface area contributed by atoms with Crippen LogP contribution in [0.3, 0.4) is 0 Å². The normalized spacial score (nSPS) is 21.7. The minimum atomic E-state index is -0.0185. The smallest absolute Gasteiger partial charge is 0.306 e. The Labute approximate surface area is 285 Å². The van der Waals surface area contributed by atoms with Gasteiger partial charge in [0.05, 0.1) is 0 Å². The van der Waals surface area contributed by atoms with Crippen molar-refractivity contribution in [3.05, 3.63) is 0 Å². The summed E-state index contributed by atoms with van der Waals surface area (Å²) in [5, 5.41) is 0. The molecular weight excluding hydrogens is 572 g/mol. The minimum Gasteiger partial charge on any atom is -0.462 e. The number of esters is 2. The highest BCUT2D eigenvalue weighted by atomic mass is 16.5. The summed E-state index contributed by atoms with van der Waals surface area (Å²) in [5.74, 6) is -0.0370. The molecule has 2 aliphatic rings. The van der Waals surface area contributed by atoms with Gasteiger partial charge in [0, 0.05) is 60.7 Å². The molecule has 6 heteroatoms. The Morgan fingerprint density at radius 1 is 0.457 bits per heavy atom. The molecule has 0 aromatic heterocycles. The average Bonchev–Trinajstić information content (AvgIpc) is 3.07. The van der Waals surface area contributed by atoms with Crippen LogP contribution < -0.4 is 0 Å². The molecule has 2 fully saturated rings. The molecule has 0 aliphatic carbocycles. The van der Waals surface area contributed by atoms with E-state index in [4.69, 9.17) is 9.47 Å². The highest BCUT2D eigenvalue weighted by Crippen LogP contribution is 2.48. The van der Waals surface area contributed by atoms with E-state index in [9.17, 15) is 9.59 Å². The molecule has 0 bridgehead atoms. The first-order chi connectivity index (χ1) is 22.0. The predicted molar refractivity (Wildman–Crippen MR) is 193 cm³/mol. The summed E-state index contributed by atoms with van der Waals surface area (Å²) < 4.78 is 12.4. The van der Waals surface area contributed by atoms with E-state index in [0.717, 1.165) is 129 Å². The number of carbonyl (C=O) groups excluding carboxylic acids is 2. The average molecular weight is 649 g/mol. The molecule has 0 spiro atoms. The molecule has 270 valence electrons. The van der Waals surface area contributed by atoms with Crippen LogP contribution in [-0.4, -0.2) is 69.2 Å². The first kappa shape index (κ1) is 41.0. The maximum Gasteiger partial charge on any atom is 0.306 e. The number of rotatable bonds is 21. The zero-order valence-corrected chi connectivity index (χ0v) is 32.2. The molecule has 2 heterocycles. The van der Waals surface area contributed by atoms with Crippen LogP contribution in [0.15, 0.2) is 0 Å². The van der Waals surface area contributed by atoms with E-state index in [1.165, 1.54) is 0 Å². The number of nitrogens with zero attached hydrogens (tertiary/aromatic N) is 2. The van der Waals surface area contributed by atoms with Gasteiger partial charge < -0.3 is 9.47 Å². The topological polar surface area (TPSA) is 59.1 Å². The van der Waals surface area contributed by atoms with Crippen molar-refractivity contribution in [1.29, 1.82) is 0 Å². The number of likely N-dealkylation sites (tertiary alicyclic amines) is 2. The number of piperidine rings is 2. The Morgan fingerprint density at radius 3 is 0.913 bits per heavy atom. The van der Waals surface area contributed by atoms with E-state index in [-0.39, 0.29) is 46.3 Å². The molecule has 0 amide bonds. The minimum absolute atomic E-state index is 0.0185. The molecule has 0 N–H and O–H groups in total. The van der Waals surface area contributed by atoms with E-state index in [1.807, 2.05) is 0 Å². The largest absolute Gasteiger partial charge is 0.462 e. The second-order valence-electron chi connectivity index (χ2n) is 14.9. The Morgan fingerprint density at radius 2 is 0.696 bits per heavy atom. The molecule has 2 aliphatic heterocycles. The first-order valence-electron chi connectivity index (χ1n) is 20.0. The third kappa shape index (κ3) is 9.30. The van der Waals surface area contributed by atoms with E-state index in [0.29, 0.717) is 12.8 Å². The Bertz CT molecular complexity index is 772. The monoisotopic (exact) mass is 649 g/mol. The SMILES string of the molecule is CCN1C(CC)(CC)CC(OC(=O)CCCCCCCCC(=O)OC2CC(CC)(CC)N(CC)C(CC)(CC)C2)CC1(CC)CC. The first-order valence-corrected chi connectivity index (χ1v) is 20.0. The summed E-state index contributed by atoms with van der Waals surface area (Å²) in [6.45, 7) is 25.1. The summed E-state index contributed by atoms with van der Waals surface area (Å²) in [6.07, 6.45) is 19.7. The summed E-state index contributed by atoms with van der Waals surface area (Å²) in [7, 11) is 0. The number of unbranched alkanes of at least 4 members (excludes halogenated alkanes) is 5. The van der Waals surface area contributed by atoms with Crippen molar-refractivity contribution in [1.82, 2.24) is 9.80 Å². The molecule has 0 radical (unpaired) electrons. The fourth-order valence-corrected chi connectivity index (χ4v) is 10.2. The van der Waals surface area contributed by atoms with Crippen LogP contribution in [0.25, 0.3) is 0 Å². The van der Waals surface area contributed by atoms with Crippen molar-refractivity contribution in [3.63, 3.8) is 0 Å². The standard InChI is InChI=1S/C40H76N2O4/c1-11-37(12-2)29-33(30-38(13-3,14-4)41(37)19-9)45-35(43)27-25-23-21-22-24-26-28-36(44)46-34-31-39(15-5,16-6)42(20-10)40(17-7,18-8)32-34/h33-34H,11-32H2,1-10H3. The highest BCUT2D eigenvalue weighted by molar-refractivity contribution is 5.70. The number of ether oxygens (including phenoxy) is 2. The zero-order valence-electron chi connectivity index (χ0n) is 32.2. The van der Waals surface area contributed by atoms with Crippen LogP contribution in [0.2, 0.25) is 0 Å². The van der Waals surface area contributed by atoms with E-state index < -0.39 is 0 Å². The third-order valence-corrected chi connectivity index (χ3v) is 13.2. The number of hydrogen-bond acceptors (Lipinski definition) is 6. The maximum atomic E-state index is 12.9. The molecule has 0 atom stereocenters. The Hall–Kier alpha value is -1.14. The predicted octanol–water partition coefficient (Wildman–Crippen LogP) is 10.4. The molecule has 6 nitrogen and oxygen atoms in total. The van der Waals surface area contributed by atoms with E-state index in [1.54, 1.807) is 0 Å². The van der Waals surface area contributed by atoms with Gasteiger partial charge in [-0.2, -0.15) is 0 Å². The maximum absolute atomic E-state index is 12.9. The summed E-state index contributed by atoms with van der Waals surface area (Å²) in [6, 6.07) is 0. The van der Waals surface area contributed by atoms with Gasteiger partial charge in [-0.15, -0.1) is 0 Å². The Kier molecular flexibility index (Phi) is 17.1. The van der Waals surface area contributed by atoms with Crippen LogP contribution in [0.1, 0.15) is 198 Å². The summed E-state index contributed by atoms with van der Waals surface area (Å²) in [4.78, 5) is 31.3. The fraction of sp³-hybridized carbons (Fsp3) is 0.950. The molecule has 2 rings (SSSR count). The molecule has 0 aromatic carbocycles. The van der Waals surface area contributed by atoms with E-state index >= 15 is 0 Å². The van der Waals surface area contributed by atoms with Crippen LogP contribution in [-0.2, 0) is 19.1 Å². The van der Waals surface area contributed by atoms with Gasteiger partial charge in [0.15, 0.2) is 0 Å². The third-order valence-electron chi connectivity index (χ3n) is 13.2. The van der Waals surface area contributed by atoms with Crippen molar-refractivity contribution in [2.75, 3.05) is 13.1 Å². The number of carbonyl (C=O) groups is 2. The Balaban J connectivity index is 1.73. The zero-order chi connectivity index (χ0) is 34.4. The number of hydrogen-bond donors (Lipinski definition) is 0. The van der Waals surface area contributed by atoms with Gasteiger partial charge in [-0.05, 0) is 77.3 Å². The lowest BCUT2D eigenvalue weighted by atomic mass is 9.70. The molecule has 46 heavy (non-hydrogen) atoms. The quantitative estimate of drug-likeness (QED) is 0.0912. The summed E-state index contributed by atoms with van der Waals surface area (Å²) in [5.41, 5.74) is 0.477. The van der Waals surface area contributed by atoms with Gasteiger partial charge in [-0.25, -0.2) is 0 Å². The van der Waals surface area contributed by atoms with Crippen LogP contribution in [0, 0.1) is 0 Å². The fourth-order valence-electron chi connectivity index (χ4n) is 10.2. The van der Waals surface area contributed by atoms with Gasteiger partial charge >= 0.3 is 11.9 Å². The van der Waals surface area contributed by atoms with Gasteiger partial charge in [0.2, 0.25) is 0 Å². The molecular formula is C40H76N2O4. The second-order valence-corrected chi connectivity index (χ2v) is 14.9. The lowest BCUT2D eigenvalue weighted by Gasteiger charge is -2.59. The molecule has 2 saturated heterocycles. The van der Waals surface area contributed by atoms with Crippen LogP contribution in [0.4, 0.5) is 0 Å². The van der Waals surface area contributed by atoms with Gasteiger partial charge in [0.25, 0.3) is 0 Å². The van der Waals surface area contributed by atoms with Gasteiger partial charge in [-0.3, -0.25) is 19.4 Å². The van der Waals surface area contributed by atoms with E-state index in [2.05, 4.69) is 79.0 Å². The molecule has 0 aromatic rings. The van der Waals surface area contributed by atoms with Crippen molar-refractivity contribution >= 4 is 11.9 Å². The van der Waals surface area contributed by atoms with Crippen LogP contribution in [0.5, 0.6) is 0 Å². The van der Waals surface area contributed by atoms with Crippen molar-refractivity contribution in [3.8, 4) is 0 Å². The second kappa shape index (κ2) is 19.2. The van der Waals surface area contributed by atoms with Gasteiger partial charge in [0.1, 0.15) is 12.2 Å². The summed E-state index contributed by atoms with van der Waals surface area (Å²) >= 11 is 0. The highest BCUT2D eigenvalue weighted by Gasteiger charge is 2.52. The lowest BCUT2D eigenvalue weighted by molar-refractivity contribution is -0.168. The van der Waals surface area contributed by atoms with Gasteiger partial charge in [-0.1, -0.05) is 94.9 Å². The van der Waals surface area contributed by atoms with Crippen molar-refractivity contribution in [2.45, 2.75) is 232 Å². The molecule has 0 saturated carbocycles.